The van der Waals surface area contributed by atoms with Crippen LogP contribution in [0.3, 0.4) is 0 Å². The van der Waals surface area contributed by atoms with Crippen molar-refractivity contribution in [3.8, 4) is 0 Å². The van der Waals surface area contributed by atoms with Gasteiger partial charge in [-0.2, -0.15) is 0 Å². The molecule has 136 valence electrons. The first-order chi connectivity index (χ1) is 11.8. The molecule has 0 unspecified atom stereocenters. The van der Waals surface area contributed by atoms with Gasteiger partial charge in [0.1, 0.15) is 5.69 Å². The van der Waals surface area contributed by atoms with Crippen LogP contribution in [0.5, 0.6) is 0 Å². The molecule has 0 radical (unpaired) electrons. The summed E-state index contributed by atoms with van der Waals surface area (Å²) in [4.78, 5) is 36.5. The number of esters is 1. The van der Waals surface area contributed by atoms with E-state index >= 15 is 0 Å². The summed E-state index contributed by atoms with van der Waals surface area (Å²) >= 11 is 0. The lowest BCUT2D eigenvalue weighted by Gasteiger charge is -2.17. The molecule has 0 aromatic heterocycles. The zero-order chi connectivity index (χ0) is 18.6. The number of ether oxygens (including phenoxy) is 1. The number of carbonyl (C=O) groups is 2. The van der Waals surface area contributed by atoms with Gasteiger partial charge in [-0.3, -0.25) is 14.9 Å². The van der Waals surface area contributed by atoms with E-state index in [1.54, 1.807) is 19.0 Å². The topological polar surface area (TPSA) is 102 Å². The summed E-state index contributed by atoms with van der Waals surface area (Å²) in [6, 6.07) is 4.23. The molecule has 1 N–H and O–H groups in total. The molecule has 8 nitrogen and oxygen atoms in total. The molecule has 1 saturated carbocycles. The molecule has 0 spiro atoms. The number of benzene rings is 1. The lowest BCUT2D eigenvalue weighted by atomic mass is 10.1. The van der Waals surface area contributed by atoms with Crippen LogP contribution in [0.15, 0.2) is 18.2 Å². The summed E-state index contributed by atoms with van der Waals surface area (Å²) in [5.41, 5.74) is 0.230. The first kappa shape index (κ1) is 18.7. The van der Waals surface area contributed by atoms with Gasteiger partial charge in [0.05, 0.1) is 10.5 Å². The predicted octanol–water partition coefficient (Wildman–Crippen LogP) is 2.26. The highest BCUT2D eigenvalue weighted by Crippen LogP contribution is 2.28. The summed E-state index contributed by atoms with van der Waals surface area (Å²) in [7, 11) is 3.35. The molecule has 1 aliphatic carbocycles. The predicted molar refractivity (Wildman–Crippen MR) is 92.7 cm³/mol. The standard InChI is InChI=1S/C17H23N3O5/c1-11(16(21)18-13-6-4-5-7-13)25-17(22)12-8-9-14(19(2)3)15(10-12)20(23)24/h8-11,13H,4-7H2,1-3H3,(H,18,21)/t11-/m0/s1. The molecule has 0 heterocycles. The number of nitro groups is 1. The van der Waals surface area contributed by atoms with Crippen LogP contribution >= 0.6 is 0 Å². The van der Waals surface area contributed by atoms with Gasteiger partial charge in [0, 0.05) is 26.2 Å². The van der Waals surface area contributed by atoms with E-state index in [0.29, 0.717) is 5.69 Å². The molecule has 1 fully saturated rings. The second-order valence-corrected chi connectivity index (χ2v) is 6.39. The van der Waals surface area contributed by atoms with E-state index in [-0.39, 0.29) is 23.2 Å². The van der Waals surface area contributed by atoms with Crippen LogP contribution in [0.2, 0.25) is 0 Å². The number of amides is 1. The molecule has 0 bridgehead atoms. The fraction of sp³-hybridized carbons (Fsp3) is 0.529. The highest BCUT2D eigenvalue weighted by atomic mass is 16.6. The van der Waals surface area contributed by atoms with E-state index < -0.39 is 17.0 Å². The van der Waals surface area contributed by atoms with E-state index in [0.717, 1.165) is 25.7 Å². The molecular formula is C17H23N3O5. The van der Waals surface area contributed by atoms with Crippen molar-refractivity contribution in [2.24, 2.45) is 0 Å². The number of anilines is 1. The third-order valence-electron chi connectivity index (χ3n) is 4.24. The van der Waals surface area contributed by atoms with Gasteiger partial charge in [-0.25, -0.2) is 4.79 Å². The Bertz CT molecular complexity index is 668. The molecule has 0 saturated heterocycles. The summed E-state index contributed by atoms with van der Waals surface area (Å²) in [6.07, 6.45) is 3.08. The largest absolute Gasteiger partial charge is 0.449 e. The van der Waals surface area contributed by atoms with Crippen LogP contribution in [0.1, 0.15) is 43.0 Å². The Morgan fingerprint density at radius 3 is 2.52 bits per heavy atom. The van der Waals surface area contributed by atoms with Crippen molar-refractivity contribution in [1.82, 2.24) is 5.32 Å². The summed E-state index contributed by atoms with van der Waals surface area (Å²) in [5, 5.41) is 14.0. The van der Waals surface area contributed by atoms with Crippen molar-refractivity contribution in [3.05, 3.63) is 33.9 Å². The Balaban J connectivity index is 2.05. The fourth-order valence-electron chi connectivity index (χ4n) is 2.85. The normalized spacial score (nSPS) is 15.5. The summed E-state index contributed by atoms with van der Waals surface area (Å²) in [6.45, 7) is 1.49. The minimum absolute atomic E-state index is 0.0396. The molecule has 1 aromatic carbocycles. The van der Waals surface area contributed by atoms with Gasteiger partial charge >= 0.3 is 5.97 Å². The summed E-state index contributed by atoms with van der Waals surface area (Å²) < 4.78 is 5.16. The quantitative estimate of drug-likeness (QED) is 0.480. The minimum atomic E-state index is -0.958. The highest BCUT2D eigenvalue weighted by molar-refractivity contribution is 5.93. The minimum Gasteiger partial charge on any atom is -0.449 e. The number of rotatable bonds is 6. The Labute approximate surface area is 146 Å². The molecule has 1 amide bonds. The van der Waals surface area contributed by atoms with E-state index in [4.69, 9.17) is 4.74 Å². The number of nitrogens with one attached hydrogen (secondary N) is 1. The third kappa shape index (κ3) is 4.68. The van der Waals surface area contributed by atoms with Crippen LogP contribution in [0.25, 0.3) is 0 Å². The maximum Gasteiger partial charge on any atom is 0.339 e. The maximum absolute atomic E-state index is 12.2. The van der Waals surface area contributed by atoms with Gasteiger partial charge in [0.15, 0.2) is 6.10 Å². The molecule has 2 rings (SSSR count). The van der Waals surface area contributed by atoms with Gasteiger partial charge in [-0.1, -0.05) is 12.8 Å². The molecule has 8 heteroatoms. The van der Waals surface area contributed by atoms with Gasteiger partial charge < -0.3 is 15.0 Å². The molecule has 1 atom stereocenters. The van der Waals surface area contributed by atoms with Crippen LogP contribution in [0, 0.1) is 10.1 Å². The number of hydrogen-bond donors (Lipinski definition) is 1. The first-order valence-electron chi connectivity index (χ1n) is 8.26. The second-order valence-electron chi connectivity index (χ2n) is 6.39. The molecule has 1 aromatic rings. The smallest absolute Gasteiger partial charge is 0.339 e. The third-order valence-corrected chi connectivity index (χ3v) is 4.24. The van der Waals surface area contributed by atoms with Crippen molar-refractivity contribution in [2.45, 2.75) is 44.8 Å². The summed E-state index contributed by atoms with van der Waals surface area (Å²) in [5.74, 6) is -1.11. The van der Waals surface area contributed by atoms with E-state index in [1.807, 2.05) is 0 Å². The van der Waals surface area contributed by atoms with Crippen molar-refractivity contribution < 1.29 is 19.2 Å². The van der Waals surface area contributed by atoms with Gasteiger partial charge in [-0.15, -0.1) is 0 Å². The lowest BCUT2D eigenvalue weighted by Crippen LogP contribution is -2.40. The van der Waals surface area contributed by atoms with Gasteiger partial charge in [-0.05, 0) is 31.9 Å². The fourth-order valence-corrected chi connectivity index (χ4v) is 2.85. The van der Waals surface area contributed by atoms with Crippen LogP contribution in [0.4, 0.5) is 11.4 Å². The molecular weight excluding hydrogens is 326 g/mol. The SMILES string of the molecule is C[C@H](OC(=O)c1ccc(N(C)C)c([N+](=O)[O-])c1)C(=O)NC1CCCC1. The number of hydrogen-bond acceptors (Lipinski definition) is 6. The lowest BCUT2D eigenvalue weighted by molar-refractivity contribution is -0.384. The zero-order valence-corrected chi connectivity index (χ0v) is 14.7. The average molecular weight is 349 g/mol. The monoisotopic (exact) mass is 349 g/mol. The maximum atomic E-state index is 12.2. The average Bonchev–Trinajstić information content (AvgIpc) is 3.06. The van der Waals surface area contributed by atoms with Crippen molar-refractivity contribution >= 4 is 23.3 Å². The van der Waals surface area contributed by atoms with Crippen molar-refractivity contribution in [3.63, 3.8) is 0 Å². The number of carbonyl (C=O) groups excluding carboxylic acids is 2. The van der Waals surface area contributed by atoms with Crippen LogP contribution in [-0.2, 0) is 9.53 Å². The number of nitrogens with zero attached hydrogens (tertiary/aromatic N) is 2. The molecule has 0 aliphatic heterocycles. The number of nitro benzene ring substituents is 1. The van der Waals surface area contributed by atoms with Crippen LogP contribution in [-0.4, -0.2) is 43.0 Å². The Morgan fingerprint density at radius 2 is 1.96 bits per heavy atom. The first-order valence-corrected chi connectivity index (χ1v) is 8.26. The molecule has 1 aliphatic rings. The van der Waals surface area contributed by atoms with E-state index in [9.17, 15) is 19.7 Å². The Morgan fingerprint density at radius 1 is 1.32 bits per heavy atom. The van der Waals surface area contributed by atoms with Crippen molar-refractivity contribution in [2.75, 3.05) is 19.0 Å². The second kappa shape index (κ2) is 7.96. The van der Waals surface area contributed by atoms with E-state index in [2.05, 4.69) is 5.32 Å². The highest BCUT2D eigenvalue weighted by Gasteiger charge is 2.25. The van der Waals surface area contributed by atoms with Crippen LogP contribution < -0.4 is 10.2 Å². The van der Waals surface area contributed by atoms with Crippen molar-refractivity contribution in [1.29, 1.82) is 0 Å². The Kier molecular flexibility index (Phi) is 5.95. The van der Waals surface area contributed by atoms with E-state index in [1.165, 1.54) is 25.1 Å². The zero-order valence-electron chi connectivity index (χ0n) is 14.7. The van der Waals surface area contributed by atoms with Gasteiger partial charge in [0.2, 0.25) is 0 Å². The Hall–Kier alpha value is -2.64. The molecule has 25 heavy (non-hydrogen) atoms. The van der Waals surface area contributed by atoms with Gasteiger partial charge in [0.25, 0.3) is 11.6 Å².